The van der Waals surface area contributed by atoms with Gasteiger partial charge in [-0.1, -0.05) is 12.5 Å². The van der Waals surface area contributed by atoms with Crippen LogP contribution in [0.15, 0.2) is 22.8 Å². The highest BCUT2D eigenvalue weighted by Crippen LogP contribution is 2.28. The quantitative estimate of drug-likeness (QED) is 0.771. The molecule has 1 aromatic heterocycles. The van der Waals surface area contributed by atoms with Crippen molar-refractivity contribution >= 4 is 21.7 Å². The van der Waals surface area contributed by atoms with Crippen molar-refractivity contribution < 1.29 is 0 Å². The molecule has 76 valence electrons. The highest BCUT2D eigenvalue weighted by molar-refractivity contribution is 9.10. The van der Waals surface area contributed by atoms with Gasteiger partial charge >= 0.3 is 0 Å². The topological polar surface area (TPSA) is 16.1 Å². The Morgan fingerprint density at radius 2 is 2.29 bits per heavy atom. The van der Waals surface area contributed by atoms with Crippen LogP contribution < -0.4 is 4.90 Å². The van der Waals surface area contributed by atoms with Crippen molar-refractivity contribution in [1.82, 2.24) is 4.98 Å². The molecule has 14 heavy (non-hydrogen) atoms. The molecule has 0 atom stereocenters. The molecule has 2 nitrogen and oxygen atoms in total. The van der Waals surface area contributed by atoms with E-state index in [9.17, 15) is 0 Å². The predicted octanol–water partition coefficient (Wildman–Crippen LogP) is 3.08. The predicted molar refractivity (Wildman–Crippen MR) is 62.5 cm³/mol. The molecule has 0 radical (unpaired) electrons. The van der Waals surface area contributed by atoms with E-state index in [1.54, 1.807) is 0 Å². The van der Waals surface area contributed by atoms with Gasteiger partial charge in [-0.2, -0.15) is 0 Å². The SMILES string of the molecule is CN(CC1CCC1)c1cccc(Br)n1. The lowest BCUT2D eigenvalue weighted by Gasteiger charge is -2.30. The van der Waals surface area contributed by atoms with E-state index in [0.29, 0.717) is 0 Å². The Kier molecular flexibility index (Phi) is 3.06. The van der Waals surface area contributed by atoms with Gasteiger partial charge in [-0.25, -0.2) is 4.98 Å². The van der Waals surface area contributed by atoms with Crippen molar-refractivity contribution in [3.05, 3.63) is 22.8 Å². The second-order valence-corrected chi connectivity index (χ2v) is 4.81. The fraction of sp³-hybridized carbons (Fsp3) is 0.545. The molecule has 1 aromatic rings. The number of anilines is 1. The average molecular weight is 255 g/mol. The summed E-state index contributed by atoms with van der Waals surface area (Å²) in [5, 5.41) is 0. The number of hydrogen-bond donors (Lipinski definition) is 0. The standard InChI is InChI=1S/C11H15BrN2/c1-14(8-9-4-2-5-9)11-7-3-6-10(12)13-11/h3,6-7,9H,2,4-5,8H2,1H3. The normalized spacial score (nSPS) is 16.4. The minimum absolute atomic E-state index is 0.890. The average Bonchev–Trinajstić information content (AvgIpc) is 2.11. The number of halogens is 1. The monoisotopic (exact) mass is 254 g/mol. The van der Waals surface area contributed by atoms with E-state index in [1.165, 1.54) is 19.3 Å². The Hall–Kier alpha value is -0.570. The molecule has 0 aromatic carbocycles. The van der Waals surface area contributed by atoms with Crippen LogP contribution in [0, 0.1) is 5.92 Å². The maximum Gasteiger partial charge on any atom is 0.129 e. The van der Waals surface area contributed by atoms with Crippen LogP contribution in [0.25, 0.3) is 0 Å². The molecular weight excluding hydrogens is 240 g/mol. The molecule has 0 amide bonds. The number of hydrogen-bond acceptors (Lipinski definition) is 2. The molecule has 2 rings (SSSR count). The van der Waals surface area contributed by atoms with Gasteiger partial charge in [-0.05, 0) is 46.8 Å². The van der Waals surface area contributed by atoms with Crippen molar-refractivity contribution in [1.29, 1.82) is 0 Å². The van der Waals surface area contributed by atoms with Crippen LogP contribution in [0.1, 0.15) is 19.3 Å². The van der Waals surface area contributed by atoms with E-state index >= 15 is 0 Å². The van der Waals surface area contributed by atoms with Crippen molar-refractivity contribution in [2.45, 2.75) is 19.3 Å². The molecule has 0 unspecified atom stereocenters. The minimum Gasteiger partial charge on any atom is -0.359 e. The fourth-order valence-electron chi connectivity index (χ4n) is 1.77. The zero-order valence-corrected chi connectivity index (χ0v) is 10.00. The molecule has 0 spiro atoms. The van der Waals surface area contributed by atoms with E-state index in [1.807, 2.05) is 12.1 Å². The van der Waals surface area contributed by atoms with Crippen LogP contribution in [0.4, 0.5) is 5.82 Å². The third-order valence-electron chi connectivity index (χ3n) is 2.85. The first-order chi connectivity index (χ1) is 6.75. The molecule has 1 heterocycles. The Morgan fingerprint density at radius 3 is 2.86 bits per heavy atom. The molecule has 0 N–H and O–H groups in total. The fourth-order valence-corrected chi connectivity index (χ4v) is 2.10. The molecule has 0 saturated heterocycles. The smallest absolute Gasteiger partial charge is 0.129 e. The molecule has 3 heteroatoms. The third kappa shape index (κ3) is 2.27. The van der Waals surface area contributed by atoms with Gasteiger partial charge in [0.2, 0.25) is 0 Å². The summed E-state index contributed by atoms with van der Waals surface area (Å²) in [6.07, 6.45) is 4.18. The van der Waals surface area contributed by atoms with Crippen molar-refractivity contribution in [3.8, 4) is 0 Å². The van der Waals surface area contributed by atoms with Crippen LogP contribution in [-0.4, -0.2) is 18.6 Å². The molecule has 0 bridgehead atoms. The van der Waals surface area contributed by atoms with E-state index in [0.717, 1.165) is 22.9 Å². The third-order valence-corrected chi connectivity index (χ3v) is 3.29. The zero-order chi connectivity index (χ0) is 9.97. The van der Waals surface area contributed by atoms with E-state index in [4.69, 9.17) is 0 Å². The first-order valence-corrected chi connectivity index (χ1v) is 5.89. The number of aromatic nitrogens is 1. The van der Waals surface area contributed by atoms with E-state index in [2.05, 4.69) is 38.9 Å². The minimum atomic E-state index is 0.890. The van der Waals surface area contributed by atoms with Gasteiger partial charge in [0, 0.05) is 13.6 Å². The Labute approximate surface area is 93.5 Å². The summed E-state index contributed by atoms with van der Waals surface area (Å²) in [7, 11) is 2.12. The van der Waals surface area contributed by atoms with Gasteiger partial charge in [0.1, 0.15) is 10.4 Å². The summed E-state index contributed by atoms with van der Waals surface area (Å²) in [4.78, 5) is 6.67. The van der Waals surface area contributed by atoms with Crippen molar-refractivity contribution in [2.24, 2.45) is 5.92 Å². The highest BCUT2D eigenvalue weighted by atomic mass is 79.9. The van der Waals surface area contributed by atoms with Gasteiger partial charge in [-0.3, -0.25) is 0 Å². The lowest BCUT2D eigenvalue weighted by molar-refractivity contribution is 0.321. The molecule has 1 saturated carbocycles. The lowest BCUT2D eigenvalue weighted by atomic mass is 9.85. The van der Waals surface area contributed by atoms with Gasteiger partial charge < -0.3 is 4.90 Å². The molecule has 1 aliphatic rings. The van der Waals surface area contributed by atoms with Gasteiger partial charge in [0.05, 0.1) is 0 Å². The lowest BCUT2D eigenvalue weighted by Crippen LogP contribution is -2.29. The van der Waals surface area contributed by atoms with E-state index < -0.39 is 0 Å². The summed E-state index contributed by atoms with van der Waals surface area (Å²) in [6.45, 7) is 1.14. The maximum atomic E-state index is 4.43. The first kappa shape index (κ1) is 9.97. The Bertz CT molecular complexity index is 310. The van der Waals surface area contributed by atoms with Crippen LogP contribution in [0.2, 0.25) is 0 Å². The molecular formula is C11H15BrN2. The summed E-state index contributed by atoms with van der Waals surface area (Å²) in [6, 6.07) is 6.05. The van der Waals surface area contributed by atoms with Crippen LogP contribution in [-0.2, 0) is 0 Å². The van der Waals surface area contributed by atoms with Crippen molar-refractivity contribution in [3.63, 3.8) is 0 Å². The Morgan fingerprint density at radius 1 is 1.50 bits per heavy atom. The Balaban J connectivity index is 1.98. The van der Waals surface area contributed by atoms with Gasteiger partial charge in [0.15, 0.2) is 0 Å². The molecule has 1 fully saturated rings. The largest absolute Gasteiger partial charge is 0.359 e. The molecule has 1 aliphatic carbocycles. The van der Waals surface area contributed by atoms with Crippen molar-refractivity contribution in [2.75, 3.05) is 18.5 Å². The van der Waals surface area contributed by atoms with Crippen LogP contribution in [0.5, 0.6) is 0 Å². The summed E-state index contributed by atoms with van der Waals surface area (Å²) >= 11 is 3.39. The number of nitrogens with zero attached hydrogens (tertiary/aromatic N) is 2. The molecule has 0 aliphatic heterocycles. The zero-order valence-electron chi connectivity index (χ0n) is 8.41. The van der Waals surface area contributed by atoms with Gasteiger partial charge in [0.25, 0.3) is 0 Å². The second kappa shape index (κ2) is 4.30. The number of pyridine rings is 1. The van der Waals surface area contributed by atoms with E-state index in [-0.39, 0.29) is 0 Å². The highest BCUT2D eigenvalue weighted by Gasteiger charge is 2.19. The maximum absolute atomic E-state index is 4.43. The van der Waals surface area contributed by atoms with Gasteiger partial charge in [-0.15, -0.1) is 0 Å². The summed E-state index contributed by atoms with van der Waals surface area (Å²) in [5.41, 5.74) is 0. The first-order valence-electron chi connectivity index (χ1n) is 5.09. The summed E-state index contributed by atoms with van der Waals surface area (Å²) < 4.78 is 0.912. The number of rotatable bonds is 3. The van der Waals surface area contributed by atoms with Crippen LogP contribution >= 0.6 is 15.9 Å². The van der Waals surface area contributed by atoms with Crippen LogP contribution in [0.3, 0.4) is 0 Å². The second-order valence-electron chi connectivity index (χ2n) is 4.00. The summed E-state index contributed by atoms with van der Waals surface area (Å²) in [5.74, 6) is 1.95.